The van der Waals surface area contributed by atoms with Crippen molar-refractivity contribution in [1.29, 1.82) is 0 Å². The summed E-state index contributed by atoms with van der Waals surface area (Å²) in [6.07, 6.45) is 2.57. The van der Waals surface area contributed by atoms with Gasteiger partial charge in [-0.1, -0.05) is 60.7 Å². The maximum atomic E-state index is 13.2. The zero-order valence-corrected chi connectivity index (χ0v) is 20.1. The first-order chi connectivity index (χ1) is 17.0. The number of benzene rings is 2. The molecule has 35 heavy (non-hydrogen) atoms. The predicted octanol–water partition coefficient (Wildman–Crippen LogP) is 0.956. The molecule has 1 aliphatic heterocycles. The summed E-state index contributed by atoms with van der Waals surface area (Å²) >= 11 is 0. The highest BCUT2D eigenvalue weighted by Gasteiger charge is 2.30. The number of rotatable bonds is 13. The number of aryl methyl sites for hydroxylation is 1. The minimum Gasteiger partial charge on any atom is -0.426 e. The minimum atomic E-state index is -1.69. The Labute approximate surface area is 207 Å². The van der Waals surface area contributed by atoms with E-state index in [9.17, 15) is 19.6 Å². The van der Waals surface area contributed by atoms with Crippen molar-refractivity contribution in [3.63, 3.8) is 0 Å². The topological polar surface area (TPSA) is 111 Å². The molecule has 9 heteroatoms. The summed E-state index contributed by atoms with van der Waals surface area (Å²) in [5, 5.41) is 25.7. The lowest BCUT2D eigenvalue weighted by Gasteiger charge is -2.29. The van der Waals surface area contributed by atoms with Gasteiger partial charge in [-0.25, -0.2) is 0 Å². The van der Waals surface area contributed by atoms with Crippen molar-refractivity contribution in [2.24, 2.45) is 0 Å². The second-order valence-corrected chi connectivity index (χ2v) is 8.85. The highest BCUT2D eigenvalue weighted by Crippen LogP contribution is 2.09. The summed E-state index contributed by atoms with van der Waals surface area (Å²) in [5.41, 5.74) is 2.28. The van der Waals surface area contributed by atoms with E-state index in [1.807, 2.05) is 60.7 Å². The standard InChI is InChI=1S/C26H36BN3O5/c31-25(30-16-18-35-19-17-30)20-23(28-15-14-22-10-5-2-6-11-22)26(32)29-24(27(33)34)13-7-12-21-8-3-1-4-9-21/h1-6,8-11,23-24,28,33-34H,7,12-20H2,(H,29,32). The van der Waals surface area contributed by atoms with Crippen LogP contribution in [0, 0.1) is 0 Å². The van der Waals surface area contributed by atoms with Crippen molar-refractivity contribution in [2.75, 3.05) is 32.8 Å². The Bertz CT molecular complexity index is 894. The zero-order valence-electron chi connectivity index (χ0n) is 20.1. The van der Waals surface area contributed by atoms with Gasteiger partial charge in [0.05, 0.1) is 31.6 Å². The molecule has 1 heterocycles. The molecule has 3 rings (SSSR count). The van der Waals surface area contributed by atoms with Crippen molar-refractivity contribution < 1.29 is 24.4 Å². The van der Waals surface area contributed by atoms with Crippen LogP contribution in [-0.4, -0.2) is 78.7 Å². The largest absolute Gasteiger partial charge is 0.475 e. The number of ether oxygens (including phenoxy) is 1. The first-order valence-electron chi connectivity index (χ1n) is 12.4. The molecular weight excluding hydrogens is 445 g/mol. The Morgan fingerprint density at radius 3 is 2.14 bits per heavy atom. The van der Waals surface area contributed by atoms with Crippen LogP contribution in [-0.2, 0) is 27.2 Å². The molecule has 0 aliphatic carbocycles. The number of morpholine rings is 1. The number of carbonyl (C=O) groups excluding carboxylic acids is 2. The van der Waals surface area contributed by atoms with Gasteiger partial charge >= 0.3 is 7.12 Å². The Kier molecular flexibility index (Phi) is 11.2. The summed E-state index contributed by atoms with van der Waals surface area (Å²) in [6, 6.07) is 19.1. The molecular formula is C26H36BN3O5. The van der Waals surface area contributed by atoms with Gasteiger partial charge in [0.25, 0.3) is 0 Å². The van der Waals surface area contributed by atoms with E-state index in [-0.39, 0.29) is 12.3 Å². The summed E-state index contributed by atoms with van der Waals surface area (Å²) in [4.78, 5) is 27.7. The highest BCUT2D eigenvalue weighted by molar-refractivity contribution is 6.43. The predicted molar refractivity (Wildman–Crippen MR) is 135 cm³/mol. The zero-order chi connectivity index (χ0) is 24.9. The molecule has 1 aliphatic rings. The average molecular weight is 481 g/mol. The molecule has 0 saturated carbocycles. The van der Waals surface area contributed by atoms with Gasteiger partial charge in [-0.2, -0.15) is 0 Å². The fourth-order valence-electron chi connectivity index (χ4n) is 4.16. The fourth-order valence-corrected chi connectivity index (χ4v) is 4.16. The van der Waals surface area contributed by atoms with Gasteiger partial charge in [0.15, 0.2) is 0 Å². The van der Waals surface area contributed by atoms with E-state index in [0.29, 0.717) is 52.1 Å². The highest BCUT2D eigenvalue weighted by atomic mass is 16.5. The Morgan fingerprint density at radius 2 is 1.54 bits per heavy atom. The maximum absolute atomic E-state index is 13.2. The number of nitrogens with zero attached hydrogens (tertiary/aromatic N) is 1. The lowest BCUT2D eigenvalue weighted by atomic mass is 9.76. The average Bonchev–Trinajstić information content (AvgIpc) is 2.89. The van der Waals surface area contributed by atoms with Crippen LogP contribution in [0.25, 0.3) is 0 Å². The Morgan fingerprint density at radius 1 is 0.943 bits per heavy atom. The summed E-state index contributed by atoms with van der Waals surface area (Å²) in [7, 11) is -1.69. The molecule has 0 spiro atoms. The van der Waals surface area contributed by atoms with Crippen molar-refractivity contribution in [2.45, 2.75) is 44.1 Å². The summed E-state index contributed by atoms with van der Waals surface area (Å²) in [5.74, 6) is -1.34. The molecule has 2 atom stereocenters. The number of carbonyl (C=O) groups is 2. The third-order valence-corrected chi connectivity index (χ3v) is 6.22. The second kappa shape index (κ2) is 14.6. The Balaban J connectivity index is 1.57. The third kappa shape index (κ3) is 9.45. The van der Waals surface area contributed by atoms with Crippen LogP contribution in [0.3, 0.4) is 0 Å². The number of amides is 2. The molecule has 188 valence electrons. The van der Waals surface area contributed by atoms with Crippen LogP contribution >= 0.6 is 0 Å². The van der Waals surface area contributed by atoms with E-state index in [1.165, 1.54) is 0 Å². The van der Waals surface area contributed by atoms with Crippen LogP contribution in [0.5, 0.6) is 0 Å². The smallest absolute Gasteiger partial charge is 0.426 e. The minimum absolute atomic E-state index is 0.00111. The second-order valence-electron chi connectivity index (χ2n) is 8.85. The third-order valence-electron chi connectivity index (χ3n) is 6.22. The van der Waals surface area contributed by atoms with Crippen LogP contribution in [0.1, 0.15) is 30.4 Å². The Hall–Kier alpha value is -2.72. The number of hydrogen-bond donors (Lipinski definition) is 4. The van der Waals surface area contributed by atoms with E-state index in [1.54, 1.807) is 4.90 Å². The quantitative estimate of drug-likeness (QED) is 0.317. The lowest BCUT2D eigenvalue weighted by Crippen LogP contribution is -2.54. The van der Waals surface area contributed by atoms with Crippen molar-refractivity contribution >= 4 is 18.9 Å². The van der Waals surface area contributed by atoms with Crippen LogP contribution in [0.2, 0.25) is 0 Å². The molecule has 0 aromatic heterocycles. The monoisotopic (exact) mass is 481 g/mol. The van der Waals surface area contributed by atoms with Gasteiger partial charge in [0.1, 0.15) is 0 Å². The fraction of sp³-hybridized carbons (Fsp3) is 0.462. The van der Waals surface area contributed by atoms with Crippen LogP contribution < -0.4 is 10.6 Å². The van der Waals surface area contributed by atoms with Gasteiger partial charge in [0, 0.05) is 13.1 Å². The van der Waals surface area contributed by atoms with Gasteiger partial charge in [-0.3, -0.25) is 9.59 Å². The maximum Gasteiger partial charge on any atom is 0.475 e. The van der Waals surface area contributed by atoms with Crippen LogP contribution in [0.4, 0.5) is 0 Å². The van der Waals surface area contributed by atoms with Crippen LogP contribution in [0.15, 0.2) is 60.7 Å². The molecule has 1 fully saturated rings. The normalized spacial score (nSPS) is 15.3. The van der Waals surface area contributed by atoms with E-state index in [2.05, 4.69) is 10.6 Å². The molecule has 2 unspecified atom stereocenters. The van der Waals surface area contributed by atoms with Crippen molar-refractivity contribution in [3.8, 4) is 0 Å². The van der Waals surface area contributed by atoms with Gasteiger partial charge in [-0.15, -0.1) is 0 Å². The first kappa shape index (κ1) is 26.9. The molecule has 0 radical (unpaired) electrons. The lowest BCUT2D eigenvalue weighted by molar-refractivity contribution is -0.138. The van der Waals surface area contributed by atoms with E-state index in [4.69, 9.17) is 4.74 Å². The summed E-state index contributed by atoms with van der Waals surface area (Å²) < 4.78 is 5.32. The van der Waals surface area contributed by atoms with Gasteiger partial charge in [0.2, 0.25) is 11.8 Å². The van der Waals surface area contributed by atoms with E-state index >= 15 is 0 Å². The molecule has 1 saturated heterocycles. The van der Waals surface area contributed by atoms with Gasteiger partial charge in [-0.05, 0) is 43.4 Å². The SMILES string of the molecule is O=C(NC(CCCc1ccccc1)B(O)O)C(CC(=O)N1CCOCC1)NCCc1ccccc1. The molecule has 2 aromatic carbocycles. The van der Waals surface area contributed by atoms with Crippen molar-refractivity contribution in [1.82, 2.24) is 15.5 Å². The van der Waals surface area contributed by atoms with Crippen molar-refractivity contribution in [3.05, 3.63) is 71.8 Å². The van der Waals surface area contributed by atoms with E-state index in [0.717, 1.165) is 17.5 Å². The van der Waals surface area contributed by atoms with E-state index < -0.39 is 25.0 Å². The molecule has 8 nitrogen and oxygen atoms in total. The number of hydrogen-bond acceptors (Lipinski definition) is 6. The first-order valence-corrected chi connectivity index (χ1v) is 12.4. The number of nitrogens with one attached hydrogen (secondary N) is 2. The molecule has 0 bridgehead atoms. The molecule has 4 N–H and O–H groups in total. The van der Waals surface area contributed by atoms with Gasteiger partial charge < -0.3 is 30.3 Å². The summed E-state index contributed by atoms with van der Waals surface area (Å²) in [6.45, 7) is 2.51. The molecule has 2 amide bonds. The molecule has 2 aromatic rings.